The second kappa shape index (κ2) is 5.25. The Kier molecular flexibility index (Phi) is 3.85. The minimum atomic E-state index is 0.0131. The molecule has 2 aromatic rings. The van der Waals surface area contributed by atoms with Crippen LogP contribution >= 0.6 is 12.6 Å². The highest BCUT2D eigenvalue weighted by Gasteiger charge is 2.10. The molecule has 0 bridgehead atoms. The fraction of sp³-hybridized carbons (Fsp3) is 0.312. The first kappa shape index (κ1) is 13.9. The van der Waals surface area contributed by atoms with Crippen LogP contribution in [0.1, 0.15) is 33.5 Å². The highest BCUT2D eigenvalue weighted by molar-refractivity contribution is 7.80. The van der Waals surface area contributed by atoms with E-state index >= 15 is 0 Å². The van der Waals surface area contributed by atoms with E-state index in [0.717, 1.165) is 27.3 Å². The predicted molar refractivity (Wildman–Crippen MR) is 82.5 cm³/mol. The zero-order chi connectivity index (χ0) is 14.2. The Balaban J connectivity index is 2.51. The molecule has 0 aliphatic rings. The van der Waals surface area contributed by atoms with E-state index in [-0.39, 0.29) is 5.56 Å². The molecule has 2 nitrogen and oxygen atoms in total. The highest BCUT2D eigenvalue weighted by Crippen LogP contribution is 2.22. The van der Waals surface area contributed by atoms with Crippen LogP contribution in [0.25, 0.3) is 0 Å². The van der Waals surface area contributed by atoms with Crippen LogP contribution in [0.4, 0.5) is 0 Å². The SMILES string of the molecule is Cc1cc(S)c(C)c(Cc2c(C)cc(C)[nH]c2=O)c1. The quantitative estimate of drug-likeness (QED) is 0.807. The van der Waals surface area contributed by atoms with E-state index in [1.54, 1.807) is 0 Å². The van der Waals surface area contributed by atoms with Gasteiger partial charge in [-0.1, -0.05) is 6.07 Å². The minimum absolute atomic E-state index is 0.0131. The molecule has 0 spiro atoms. The van der Waals surface area contributed by atoms with Crippen molar-refractivity contribution in [2.75, 3.05) is 0 Å². The van der Waals surface area contributed by atoms with Gasteiger partial charge in [-0.05, 0) is 62.1 Å². The summed E-state index contributed by atoms with van der Waals surface area (Å²) < 4.78 is 0. The molecule has 2 rings (SSSR count). The maximum absolute atomic E-state index is 12.1. The van der Waals surface area contributed by atoms with Crippen LogP contribution in [0, 0.1) is 27.7 Å². The average molecular weight is 273 g/mol. The molecule has 0 fully saturated rings. The molecular formula is C16H19NOS. The van der Waals surface area contributed by atoms with Crippen LogP contribution in [0.2, 0.25) is 0 Å². The number of hydrogen-bond donors (Lipinski definition) is 2. The Morgan fingerprint density at radius 3 is 2.42 bits per heavy atom. The van der Waals surface area contributed by atoms with Crippen LogP contribution in [-0.4, -0.2) is 4.98 Å². The van der Waals surface area contributed by atoms with E-state index in [4.69, 9.17) is 0 Å². The van der Waals surface area contributed by atoms with Gasteiger partial charge in [0.1, 0.15) is 0 Å². The van der Waals surface area contributed by atoms with Crippen LogP contribution in [0.5, 0.6) is 0 Å². The zero-order valence-corrected chi connectivity index (χ0v) is 12.7. The Morgan fingerprint density at radius 2 is 1.79 bits per heavy atom. The second-order valence-electron chi connectivity index (χ2n) is 5.19. The number of rotatable bonds is 2. The fourth-order valence-corrected chi connectivity index (χ4v) is 2.74. The lowest BCUT2D eigenvalue weighted by Gasteiger charge is -2.11. The van der Waals surface area contributed by atoms with E-state index in [0.29, 0.717) is 6.42 Å². The van der Waals surface area contributed by atoms with E-state index in [9.17, 15) is 4.79 Å². The van der Waals surface area contributed by atoms with E-state index < -0.39 is 0 Å². The number of benzene rings is 1. The number of hydrogen-bond acceptors (Lipinski definition) is 2. The first-order valence-corrected chi connectivity index (χ1v) is 6.81. The molecular weight excluding hydrogens is 254 g/mol. The van der Waals surface area contributed by atoms with Gasteiger partial charge in [0.2, 0.25) is 0 Å². The fourth-order valence-electron chi connectivity index (χ4n) is 2.39. The molecule has 1 aromatic carbocycles. The molecule has 0 aliphatic heterocycles. The van der Waals surface area contributed by atoms with Crippen LogP contribution in [-0.2, 0) is 6.42 Å². The Hall–Kier alpha value is -1.48. The van der Waals surface area contributed by atoms with E-state index in [1.165, 1.54) is 11.1 Å². The lowest BCUT2D eigenvalue weighted by atomic mass is 9.97. The summed E-state index contributed by atoms with van der Waals surface area (Å²) in [5, 5.41) is 0. The summed E-state index contributed by atoms with van der Waals surface area (Å²) in [6.45, 7) is 8.00. The summed E-state index contributed by atoms with van der Waals surface area (Å²) in [6.07, 6.45) is 0.655. The van der Waals surface area contributed by atoms with Crippen LogP contribution < -0.4 is 5.56 Å². The third-order valence-electron chi connectivity index (χ3n) is 3.49. The summed E-state index contributed by atoms with van der Waals surface area (Å²) in [5.41, 5.74) is 6.29. The molecule has 1 N–H and O–H groups in total. The zero-order valence-electron chi connectivity index (χ0n) is 11.8. The number of aromatic nitrogens is 1. The molecule has 0 aliphatic carbocycles. The maximum atomic E-state index is 12.1. The van der Waals surface area contributed by atoms with Gasteiger partial charge in [-0.25, -0.2) is 0 Å². The van der Waals surface area contributed by atoms with Crippen molar-refractivity contribution in [3.8, 4) is 0 Å². The first-order valence-electron chi connectivity index (χ1n) is 6.37. The smallest absolute Gasteiger partial charge is 0.251 e. The third kappa shape index (κ3) is 2.92. The van der Waals surface area contributed by atoms with Gasteiger partial charge in [0.05, 0.1) is 0 Å². The molecule has 19 heavy (non-hydrogen) atoms. The predicted octanol–water partition coefficient (Wildman–Crippen LogP) is 3.49. The summed E-state index contributed by atoms with van der Waals surface area (Å²) in [5.74, 6) is 0. The number of aromatic amines is 1. The molecule has 3 heteroatoms. The number of H-pyrrole nitrogens is 1. The van der Waals surface area contributed by atoms with Crippen LogP contribution in [0.3, 0.4) is 0 Å². The largest absolute Gasteiger partial charge is 0.326 e. The van der Waals surface area contributed by atoms with Gasteiger partial charge in [-0.15, -0.1) is 12.6 Å². The molecule has 1 aromatic heterocycles. The Bertz CT molecular complexity index is 686. The molecule has 0 amide bonds. The van der Waals surface area contributed by atoms with Crippen molar-refractivity contribution in [2.45, 2.75) is 39.0 Å². The normalized spacial score (nSPS) is 10.8. The average Bonchev–Trinajstić information content (AvgIpc) is 2.29. The van der Waals surface area contributed by atoms with Gasteiger partial charge in [0.25, 0.3) is 5.56 Å². The van der Waals surface area contributed by atoms with Gasteiger partial charge in [-0.3, -0.25) is 4.79 Å². The molecule has 100 valence electrons. The first-order chi connectivity index (χ1) is 8.88. The van der Waals surface area contributed by atoms with Gasteiger partial charge in [-0.2, -0.15) is 0 Å². The van der Waals surface area contributed by atoms with Crippen molar-refractivity contribution in [1.29, 1.82) is 0 Å². The molecule has 1 heterocycles. The van der Waals surface area contributed by atoms with Crippen LogP contribution in [0.15, 0.2) is 27.9 Å². The molecule has 0 saturated heterocycles. The van der Waals surface area contributed by atoms with E-state index in [2.05, 4.69) is 37.5 Å². The molecule has 0 radical (unpaired) electrons. The third-order valence-corrected chi connectivity index (χ3v) is 3.96. The van der Waals surface area contributed by atoms with Crippen molar-refractivity contribution in [3.63, 3.8) is 0 Å². The van der Waals surface area contributed by atoms with Gasteiger partial charge >= 0.3 is 0 Å². The van der Waals surface area contributed by atoms with Crippen molar-refractivity contribution in [1.82, 2.24) is 4.98 Å². The topological polar surface area (TPSA) is 32.9 Å². The lowest BCUT2D eigenvalue weighted by molar-refractivity contribution is 1.01. The molecule has 0 unspecified atom stereocenters. The van der Waals surface area contributed by atoms with E-state index in [1.807, 2.05) is 26.0 Å². The van der Waals surface area contributed by atoms with Crippen molar-refractivity contribution in [3.05, 3.63) is 62.1 Å². The standard InChI is InChI=1S/C16H19NOS/c1-9-5-13(12(4)15(19)6-9)8-14-10(2)7-11(3)17-16(14)18/h5-7,19H,8H2,1-4H3,(H,17,18). The number of aryl methyl sites for hydroxylation is 3. The number of thiol groups is 1. The molecule has 0 saturated carbocycles. The summed E-state index contributed by atoms with van der Waals surface area (Å²) in [6, 6.07) is 6.20. The molecule has 0 atom stereocenters. The highest BCUT2D eigenvalue weighted by atomic mass is 32.1. The van der Waals surface area contributed by atoms with Crippen molar-refractivity contribution >= 4 is 12.6 Å². The Labute approximate surface area is 119 Å². The van der Waals surface area contributed by atoms with Gasteiger partial charge < -0.3 is 4.98 Å². The van der Waals surface area contributed by atoms with Crippen molar-refractivity contribution < 1.29 is 0 Å². The van der Waals surface area contributed by atoms with Crippen molar-refractivity contribution in [2.24, 2.45) is 0 Å². The van der Waals surface area contributed by atoms with Gasteiger partial charge in [0.15, 0.2) is 0 Å². The summed E-state index contributed by atoms with van der Waals surface area (Å²) in [4.78, 5) is 15.9. The lowest BCUT2D eigenvalue weighted by Crippen LogP contribution is -2.16. The van der Waals surface area contributed by atoms with Gasteiger partial charge in [0, 0.05) is 22.6 Å². The maximum Gasteiger partial charge on any atom is 0.251 e. The Morgan fingerprint density at radius 1 is 1.11 bits per heavy atom. The second-order valence-corrected chi connectivity index (χ2v) is 5.67. The number of nitrogens with one attached hydrogen (secondary N) is 1. The summed E-state index contributed by atoms with van der Waals surface area (Å²) >= 11 is 4.49. The minimum Gasteiger partial charge on any atom is -0.326 e. The monoisotopic (exact) mass is 273 g/mol. The summed E-state index contributed by atoms with van der Waals surface area (Å²) in [7, 11) is 0. The number of pyridine rings is 1.